The predicted molar refractivity (Wildman–Crippen MR) is 115 cm³/mol. The minimum Gasteiger partial charge on any atom is -0.496 e. The third kappa shape index (κ3) is 5.55. The number of methoxy groups -OCH3 is 1. The highest BCUT2D eigenvalue weighted by atomic mass is 16.5. The molecule has 1 aliphatic rings. The number of carbonyl (C=O) groups is 1. The van der Waals surface area contributed by atoms with Crippen molar-refractivity contribution in [2.45, 2.75) is 57.9 Å². The largest absolute Gasteiger partial charge is 0.496 e. The van der Waals surface area contributed by atoms with Crippen LogP contribution in [0, 0.1) is 18.3 Å². The summed E-state index contributed by atoms with van der Waals surface area (Å²) in [6, 6.07) is 7.23. The number of amides is 1. The zero-order valence-corrected chi connectivity index (χ0v) is 17.4. The number of para-hydroxylation sites is 1. The molecular formula is C24H34N2O2. The molecule has 0 saturated heterocycles. The average Bonchev–Trinajstić information content (AvgIpc) is 2.74. The number of nitrogens with zero attached hydrogens (tertiary/aromatic N) is 1. The number of terminal acetylenes is 1. The molecule has 0 aliphatic heterocycles. The van der Waals surface area contributed by atoms with Gasteiger partial charge >= 0.3 is 0 Å². The molecule has 4 nitrogen and oxygen atoms in total. The van der Waals surface area contributed by atoms with Gasteiger partial charge in [0.15, 0.2) is 0 Å². The van der Waals surface area contributed by atoms with Crippen LogP contribution < -0.4 is 10.1 Å². The van der Waals surface area contributed by atoms with E-state index in [0.29, 0.717) is 17.2 Å². The summed E-state index contributed by atoms with van der Waals surface area (Å²) in [4.78, 5) is 15.3. The number of unbranched alkanes of at least 4 members (excludes halogenated alkanes) is 1. The normalized spacial score (nSPS) is 15.3. The van der Waals surface area contributed by atoms with Crippen LogP contribution >= 0.6 is 0 Å². The summed E-state index contributed by atoms with van der Waals surface area (Å²) < 4.78 is 5.42. The maximum atomic E-state index is 13.5. The number of hydrogen-bond donors (Lipinski definition) is 1. The molecular weight excluding hydrogens is 348 g/mol. The van der Waals surface area contributed by atoms with Crippen LogP contribution in [0.5, 0.6) is 5.75 Å². The van der Waals surface area contributed by atoms with Crippen LogP contribution in [0.15, 0.2) is 36.5 Å². The van der Waals surface area contributed by atoms with Crippen LogP contribution in [0.1, 0.15) is 62.2 Å². The summed E-state index contributed by atoms with van der Waals surface area (Å²) in [7, 11) is 1.58. The number of hydrogen-bond acceptors (Lipinski definition) is 3. The highest BCUT2D eigenvalue weighted by Gasteiger charge is 2.34. The van der Waals surface area contributed by atoms with Crippen molar-refractivity contribution in [3.05, 3.63) is 42.1 Å². The Labute approximate surface area is 170 Å². The van der Waals surface area contributed by atoms with E-state index in [1.54, 1.807) is 13.2 Å². The van der Waals surface area contributed by atoms with Gasteiger partial charge in [-0.05, 0) is 37.3 Å². The smallest absolute Gasteiger partial charge is 0.258 e. The lowest BCUT2D eigenvalue weighted by Crippen LogP contribution is -2.49. The molecule has 1 aromatic carbocycles. The van der Waals surface area contributed by atoms with Crippen LogP contribution in [0.2, 0.25) is 0 Å². The Hall–Kier alpha value is -2.41. The SMILES string of the molecule is C#CCN(C(=O)c1ccccc1OC)C(C(=C)NCCCC)C1CCCCC1. The fraction of sp³-hybridized carbons (Fsp3) is 0.542. The van der Waals surface area contributed by atoms with Crippen molar-refractivity contribution < 1.29 is 9.53 Å². The van der Waals surface area contributed by atoms with Crippen LogP contribution in [-0.4, -0.2) is 37.0 Å². The molecule has 152 valence electrons. The van der Waals surface area contributed by atoms with Gasteiger partial charge < -0.3 is 15.0 Å². The standard InChI is InChI=1S/C24H34N2O2/c1-5-7-17-25-19(3)23(20-13-9-8-10-14-20)26(18-6-2)24(27)21-15-11-12-16-22(21)28-4/h2,11-12,15-16,20,23,25H,3,5,7-10,13-14,17-18H2,1,4H3. The minimum atomic E-state index is -0.106. The second-order valence-electron chi connectivity index (χ2n) is 7.49. The van der Waals surface area contributed by atoms with Crippen LogP contribution in [0.3, 0.4) is 0 Å². The van der Waals surface area contributed by atoms with Crippen molar-refractivity contribution in [1.82, 2.24) is 10.2 Å². The summed E-state index contributed by atoms with van der Waals surface area (Å²) in [6.45, 7) is 7.61. The van der Waals surface area contributed by atoms with Gasteiger partial charge in [-0.3, -0.25) is 4.79 Å². The summed E-state index contributed by atoms with van der Waals surface area (Å²) in [5.41, 5.74) is 1.45. The fourth-order valence-electron chi connectivity index (χ4n) is 4.08. The zero-order valence-electron chi connectivity index (χ0n) is 17.4. The molecule has 28 heavy (non-hydrogen) atoms. The molecule has 0 spiro atoms. The molecule has 0 aromatic heterocycles. The average molecular weight is 383 g/mol. The molecule has 2 rings (SSSR count). The lowest BCUT2D eigenvalue weighted by Gasteiger charge is -2.39. The van der Waals surface area contributed by atoms with Gasteiger partial charge in [0.05, 0.1) is 25.3 Å². The van der Waals surface area contributed by atoms with E-state index in [-0.39, 0.29) is 18.5 Å². The molecule has 1 fully saturated rings. The Morgan fingerprint density at radius 2 is 2.07 bits per heavy atom. The van der Waals surface area contributed by atoms with Crippen molar-refractivity contribution >= 4 is 5.91 Å². The third-order valence-corrected chi connectivity index (χ3v) is 5.53. The molecule has 1 aromatic rings. The number of nitrogens with one attached hydrogen (secondary N) is 1. The van der Waals surface area contributed by atoms with Crippen molar-refractivity contribution in [3.63, 3.8) is 0 Å². The summed E-state index contributed by atoms with van der Waals surface area (Å²) in [5.74, 6) is 3.55. The highest BCUT2D eigenvalue weighted by molar-refractivity contribution is 5.97. The lowest BCUT2D eigenvalue weighted by molar-refractivity contribution is 0.0644. The van der Waals surface area contributed by atoms with E-state index in [4.69, 9.17) is 11.2 Å². The Morgan fingerprint density at radius 3 is 2.71 bits per heavy atom. The molecule has 1 atom stereocenters. The number of rotatable bonds is 10. The van der Waals surface area contributed by atoms with E-state index in [1.807, 2.05) is 23.1 Å². The van der Waals surface area contributed by atoms with Gasteiger partial charge in [-0.25, -0.2) is 0 Å². The first-order chi connectivity index (χ1) is 13.6. The van der Waals surface area contributed by atoms with Gasteiger partial charge in [-0.15, -0.1) is 6.42 Å². The van der Waals surface area contributed by atoms with Crippen LogP contribution in [-0.2, 0) is 0 Å². The van der Waals surface area contributed by atoms with E-state index in [1.165, 1.54) is 19.3 Å². The number of carbonyl (C=O) groups excluding carboxylic acids is 1. The van der Waals surface area contributed by atoms with E-state index in [2.05, 4.69) is 24.7 Å². The predicted octanol–water partition coefficient (Wildman–Crippen LogP) is 4.62. The van der Waals surface area contributed by atoms with Crippen molar-refractivity contribution in [3.8, 4) is 18.1 Å². The van der Waals surface area contributed by atoms with Gasteiger partial charge in [0.2, 0.25) is 0 Å². The van der Waals surface area contributed by atoms with Gasteiger partial charge in [0.25, 0.3) is 5.91 Å². The number of ether oxygens (including phenoxy) is 1. The quantitative estimate of drug-likeness (QED) is 0.474. The van der Waals surface area contributed by atoms with Gasteiger partial charge in [-0.2, -0.15) is 0 Å². The molecule has 1 aliphatic carbocycles. The molecule has 1 amide bonds. The molecule has 1 saturated carbocycles. The summed E-state index contributed by atoms with van der Waals surface area (Å²) in [5, 5.41) is 3.47. The van der Waals surface area contributed by atoms with Crippen LogP contribution in [0.4, 0.5) is 0 Å². The molecule has 0 heterocycles. The first-order valence-electron chi connectivity index (χ1n) is 10.4. The second-order valence-corrected chi connectivity index (χ2v) is 7.49. The van der Waals surface area contributed by atoms with Gasteiger partial charge in [0, 0.05) is 12.2 Å². The lowest BCUT2D eigenvalue weighted by atomic mass is 9.81. The van der Waals surface area contributed by atoms with Gasteiger partial charge in [0.1, 0.15) is 5.75 Å². The molecule has 0 bridgehead atoms. The third-order valence-electron chi connectivity index (χ3n) is 5.53. The Balaban J connectivity index is 2.34. The first-order valence-corrected chi connectivity index (χ1v) is 10.4. The van der Waals surface area contributed by atoms with Crippen molar-refractivity contribution in [1.29, 1.82) is 0 Å². The Morgan fingerprint density at radius 1 is 1.36 bits per heavy atom. The maximum Gasteiger partial charge on any atom is 0.258 e. The second kappa shape index (κ2) is 11.4. The first kappa shape index (κ1) is 21.9. The van der Waals surface area contributed by atoms with Gasteiger partial charge in [-0.1, -0.05) is 57.2 Å². The van der Waals surface area contributed by atoms with Crippen molar-refractivity contribution in [2.24, 2.45) is 5.92 Å². The zero-order chi connectivity index (χ0) is 20.4. The highest BCUT2D eigenvalue weighted by Crippen LogP contribution is 2.33. The number of benzene rings is 1. The summed E-state index contributed by atoms with van der Waals surface area (Å²) >= 11 is 0. The molecule has 4 heteroatoms. The Kier molecular flexibility index (Phi) is 8.94. The topological polar surface area (TPSA) is 41.6 Å². The maximum absolute atomic E-state index is 13.5. The van der Waals surface area contributed by atoms with E-state index < -0.39 is 0 Å². The molecule has 0 radical (unpaired) electrons. The monoisotopic (exact) mass is 382 g/mol. The molecule has 1 N–H and O–H groups in total. The summed E-state index contributed by atoms with van der Waals surface area (Å²) in [6.07, 6.45) is 13.7. The van der Waals surface area contributed by atoms with Crippen molar-refractivity contribution in [2.75, 3.05) is 20.2 Å². The van der Waals surface area contributed by atoms with E-state index in [0.717, 1.165) is 37.9 Å². The van der Waals surface area contributed by atoms with E-state index >= 15 is 0 Å². The van der Waals surface area contributed by atoms with E-state index in [9.17, 15) is 4.79 Å². The minimum absolute atomic E-state index is 0.0931. The molecule has 1 unspecified atom stereocenters. The Bertz CT molecular complexity index is 686. The fourth-order valence-corrected chi connectivity index (χ4v) is 4.08. The van der Waals surface area contributed by atoms with Crippen LogP contribution in [0.25, 0.3) is 0 Å².